The zero-order valence-corrected chi connectivity index (χ0v) is 45.4. The van der Waals surface area contributed by atoms with Gasteiger partial charge in [0, 0.05) is 49.9 Å². The van der Waals surface area contributed by atoms with Crippen molar-refractivity contribution in [3.8, 4) is 44.8 Å². The van der Waals surface area contributed by atoms with Crippen molar-refractivity contribution in [2.45, 2.75) is 31.6 Å². The summed E-state index contributed by atoms with van der Waals surface area (Å²) in [6.45, 7) is 6.81. The third-order valence-corrected chi connectivity index (χ3v) is 18.3. The lowest BCUT2D eigenvalue weighted by molar-refractivity contribution is 0.590. The highest BCUT2D eigenvalue weighted by Gasteiger charge is 2.51. The Morgan fingerprint density at radius 3 is 1.64 bits per heavy atom. The Morgan fingerprint density at radius 1 is 0.370 bits per heavy atom. The van der Waals surface area contributed by atoms with Gasteiger partial charge in [-0.1, -0.05) is 233 Å². The van der Waals surface area contributed by atoms with Crippen molar-refractivity contribution in [1.82, 2.24) is 9.13 Å². The highest BCUT2D eigenvalue weighted by molar-refractivity contribution is 7.00. The number of para-hydroxylation sites is 3. The van der Waals surface area contributed by atoms with Crippen molar-refractivity contribution in [1.29, 1.82) is 0 Å². The predicted molar refractivity (Wildman–Crippen MR) is 341 cm³/mol. The molecule has 2 aliphatic heterocycles. The molecule has 1 aliphatic carbocycles. The van der Waals surface area contributed by atoms with Gasteiger partial charge in [0.15, 0.2) is 0 Å². The molecule has 17 rings (SSSR count). The van der Waals surface area contributed by atoms with Crippen molar-refractivity contribution in [3.05, 3.63) is 301 Å². The summed E-state index contributed by atoms with van der Waals surface area (Å²) in [5, 5.41) is 5.02. The van der Waals surface area contributed by atoms with Crippen molar-refractivity contribution in [2.75, 3.05) is 4.90 Å². The molecule has 4 heterocycles. The molecule has 12 aromatic carbocycles. The van der Waals surface area contributed by atoms with Crippen molar-refractivity contribution in [3.63, 3.8) is 0 Å². The standard InChI is InChI=1S/C77H54BN3/c1-76(2,3)54-41-42-67(59(45-54)50-27-11-5-12-28-50)80-69-46-60-56-35-20-23-39-65(56)79(55-33-17-8-18-34-55)68(60)48-63(69)78-64-47-62-72(57-36-19-22-38-61(57)77(62,52-29-13-6-14-30-52)53-31-15-7-16-32-53)73-58-37-21-24-40-66(58)81(75(64)73)71-44-51(43-70(80)74(71)78)49-25-9-4-10-26-49/h4-48H,1-3H3. The molecule has 0 unspecified atom stereocenters. The van der Waals surface area contributed by atoms with E-state index in [1.54, 1.807) is 0 Å². The molecule has 0 atom stereocenters. The van der Waals surface area contributed by atoms with Crippen molar-refractivity contribution >= 4 is 83.8 Å². The molecule has 0 spiro atoms. The molecule has 14 aromatic rings. The number of fused-ring (bicyclic) bond motifs is 14. The minimum atomic E-state index is -0.616. The maximum Gasteiger partial charge on any atom is 0.252 e. The molecule has 3 nitrogen and oxygen atoms in total. The highest BCUT2D eigenvalue weighted by Crippen LogP contribution is 2.59. The topological polar surface area (TPSA) is 13.1 Å². The molecule has 4 heteroatoms. The molecule has 81 heavy (non-hydrogen) atoms. The molecule has 0 fully saturated rings. The van der Waals surface area contributed by atoms with Gasteiger partial charge in [-0.05, 0) is 138 Å². The van der Waals surface area contributed by atoms with Crippen LogP contribution in [0.3, 0.4) is 0 Å². The van der Waals surface area contributed by atoms with Crippen molar-refractivity contribution in [2.24, 2.45) is 0 Å². The molecule has 2 aromatic heterocycles. The quantitative estimate of drug-likeness (QED) is 0.151. The van der Waals surface area contributed by atoms with Gasteiger partial charge >= 0.3 is 0 Å². The number of hydrogen-bond acceptors (Lipinski definition) is 1. The van der Waals surface area contributed by atoms with Crippen LogP contribution in [0.4, 0.5) is 17.1 Å². The van der Waals surface area contributed by atoms with E-state index in [0.717, 1.165) is 11.4 Å². The first-order valence-corrected chi connectivity index (χ1v) is 28.5. The van der Waals surface area contributed by atoms with Gasteiger partial charge < -0.3 is 14.0 Å². The molecule has 0 N–H and O–H groups in total. The normalized spacial score (nSPS) is 13.7. The van der Waals surface area contributed by atoms with Crippen LogP contribution in [0, 0.1) is 0 Å². The number of benzene rings is 12. The largest absolute Gasteiger partial charge is 0.311 e. The Labute approximate surface area is 472 Å². The fourth-order valence-corrected chi connectivity index (χ4v) is 14.9. The van der Waals surface area contributed by atoms with Gasteiger partial charge in [0.05, 0.1) is 33.2 Å². The third-order valence-electron chi connectivity index (χ3n) is 18.3. The minimum absolute atomic E-state index is 0.0794. The zero-order valence-electron chi connectivity index (χ0n) is 45.4. The first kappa shape index (κ1) is 46.1. The number of aromatic nitrogens is 2. The zero-order chi connectivity index (χ0) is 53.7. The van der Waals surface area contributed by atoms with Crippen molar-refractivity contribution < 1.29 is 0 Å². The fraction of sp³-hybridized carbons (Fsp3) is 0.0649. The van der Waals surface area contributed by atoms with Crippen LogP contribution in [0.15, 0.2) is 273 Å². The summed E-state index contributed by atoms with van der Waals surface area (Å²) in [4.78, 5) is 2.66. The Hall–Kier alpha value is -9.90. The third kappa shape index (κ3) is 6.36. The van der Waals surface area contributed by atoms with Crippen LogP contribution in [0.2, 0.25) is 0 Å². The summed E-state index contributed by atoms with van der Waals surface area (Å²) in [5.41, 5.74) is 27.8. The van der Waals surface area contributed by atoms with E-state index in [0.29, 0.717) is 0 Å². The molecular formula is C77H54BN3. The maximum atomic E-state index is 2.68. The van der Waals surface area contributed by atoms with E-state index in [2.05, 4.69) is 308 Å². The van der Waals surface area contributed by atoms with E-state index in [-0.39, 0.29) is 12.1 Å². The summed E-state index contributed by atoms with van der Waals surface area (Å²) >= 11 is 0. The Balaban J connectivity index is 1.09. The predicted octanol–water partition coefficient (Wildman–Crippen LogP) is 17.5. The summed E-state index contributed by atoms with van der Waals surface area (Å²) in [7, 11) is 0. The number of anilines is 3. The van der Waals surface area contributed by atoms with E-state index in [4.69, 9.17) is 0 Å². The molecule has 0 bridgehead atoms. The van der Waals surface area contributed by atoms with E-state index in [1.165, 1.54) is 138 Å². The van der Waals surface area contributed by atoms with Gasteiger partial charge in [-0.25, -0.2) is 0 Å². The number of hydrogen-bond donors (Lipinski definition) is 0. The molecule has 3 aliphatic rings. The summed E-state index contributed by atoms with van der Waals surface area (Å²) in [5.74, 6) is 0. The van der Waals surface area contributed by atoms with Crippen LogP contribution in [0.5, 0.6) is 0 Å². The second kappa shape index (κ2) is 17.1. The number of rotatable bonds is 6. The molecule has 380 valence electrons. The Kier molecular flexibility index (Phi) is 9.70. The molecule has 0 amide bonds. The fourth-order valence-electron chi connectivity index (χ4n) is 14.9. The van der Waals surface area contributed by atoms with Gasteiger partial charge in [0.2, 0.25) is 0 Å². The summed E-state index contributed by atoms with van der Waals surface area (Å²) in [6.07, 6.45) is 0. The lowest BCUT2D eigenvalue weighted by Crippen LogP contribution is -2.60. The lowest BCUT2D eigenvalue weighted by Gasteiger charge is -2.42. The van der Waals surface area contributed by atoms with E-state index in [1.807, 2.05) is 0 Å². The monoisotopic (exact) mass is 1030 g/mol. The molecular weight excluding hydrogens is 978 g/mol. The Morgan fingerprint density at radius 2 is 0.951 bits per heavy atom. The Bertz CT molecular complexity index is 4860. The van der Waals surface area contributed by atoms with Crippen LogP contribution < -0.4 is 21.3 Å². The first-order valence-electron chi connectivity index (χ1n) is 28.5. The maximum absolute atomic E-state index is 2.68. The summed E-state index contributed by atoms with van der Waals surface area (Å²) in [6, 6.07) is 103. The second-order valence-electron chi connectivity index (χ2n) is 23.5. The molecule has 0 saturated carbocycles. The van der Waals surface area contributed by atoms with Gasteiger partial charge in [-0.15, -0.1) is 0 Å². The van der Waals surface area contributed by atoms with Crippen LogP contribution in [-0.4, -0.2) is 15.8 Å². The lowest BCUT2D eigenvalue weighted by atomic mass is 9.33. The SMILES string of the molecule is CC(C)(C)c1ccc(N2c3cc4c5ccccc5n(-c5ccccc5)c4cc3B3c4c2cc(-c2ccccc2)cc4-n2c4ccccc4c4c5c(cc3c42)C(c2ccccc2)(c2ccccc2)c2ccccc2-5)c(-c2ccccc2)c1. The minimum Gasteiger partial charge on any atom is -0.311 e. The molecule has 0 saturated heterocycles. The average molecular weight is 1030 g/mol. The molecule has 0 radical (unpaired) electrons. The van der Waals surface area contributed by atoms with Gasteiger partial charge in [0.25, 0.3) is 6.71 Å². The van der Waals surface area contributed by atoms with Gasteiger partial charge in [-0.3, -0.25) is 0 Å². The summed E-state index contributed by atoms with van der Waals surface area (Å²) < 4.78 is 5.17. The van der Waals surface area contributed by atoms with E-state index in [9.17, 15) is 0 Å². The van der Waals surface area contributed by atoms with Crippen LogP contribution in [0.25, 0.3) is 88.4 Å². The highest BCUT2D eigenvalue weighted by atomic mass is 15.2. The van der Waals surface area contributed by atoms with E-state index >= 15 is 0 Å². The van der Waals surface area contributed by atoms with Gasteiger partial charge in [0.1, 0.15) is 0 Å². The smallest absolute Gasteiger partial charge is 0.252 e. The van der Waals surface area contributed by atoms with Crippen LogP contribution >= 0.6 is 0 Å². The van der Waals surface area contributed by atoms with Crippen LogP contribution in [0.1, 0.15) is 48.6 Å². The first-order chi connectivity index (χ1) is 39.9. The van der Waals surface area contributed by atoms with Gasteiger partial charge in [-0.2, -0.15) is 0 Å². The number of nitrogens with zero attached hydrogens (tertiary/aromatic N) is 3. The average Bonchev–Trinajstić information content (AvgIpc) is 4.38. The second-order valence-corrected chi connectivity index (χ2v) is 23.5. The van der Waals surface area contributed by atoms with Crippen LogP contribution in [-0.2, 0) is 10.8 Å². The van der Waals surface area contributed by atoms with E-state index < -0.39 is 5.41 Å².